The number of rotatable bonds is 8. The highest BCUT2D eigenvalue weighted by molar-refractivity contribution is 6.33. The minimum absolute atomic E-state index is 0.110. The number of nitrogens with two attached hydrogens (primary N) is 1. The molecule has 1 aliphatic rings. The highest BCUT2D eigenvalue weighted by Crippen LogP contribution is 2.25. The van der Waals surface area contributed by atoms with Crippen molar-refractivity contribution in [3.8, 4) is 0 Å². The van der Waals surface area contributed by atoms with Crippen LogP contribution in [0.15, 0.2) is 24.3 Å². The number of halogens is 1. The molecule has 6 heteroatoms. The lowest BCUT2D eigenvalue weighted by molar-refractivity contribution is -0.121. The zero-order valence-corrected chi connectivity index (χ0v) is 14.4. The van der Waals surface area contributed by atoms with Crippen LogP contribution in [0, 0.1) is 0 Å². The number of amides is 1. The Morgan fingerprint density at radius 2 is 1.91 bits per heavy atom. The zero-order valence-electron chi connectivity index (χ0n) is 13.6. The quantitative estimate of drug-likeness (QED) is 0.708. The van der Waals surface area contributed by atoms with Crippen LogP contribution in [0.5, 0.6) is 0 Å². The van der Waals surface area contributed by atoms with Crippen molar-refractivity contribution in [3.05, 3.63) is 29.3 Å². The summed E-state index contributed by atoms with van der Waals surface area (Å²) in [5, 5.41) is 3.77. The first-order chi connectivity index (χ1) is 11.2. The van der Waals surface area contributed by atoms with Gasteiger partial charge in [-0.15, -0.1) is 0 Å². The largest absolute Gasteiger partial charge is 0.368 e. The topological polar surface area (TPSA) is 61.6 Å². The number of carbonyl (C=O) groups is 1. The van der Waals surface area contributed by atoms with Crippen LogP contribution < -0.4 is 16.0 Å². The molecule has 0 radical (unpaired) electrons. The lowest BCUT2D eigenvalue weighted by atomic mass is 10.2. The number of anilines is 1. The fourth-order valence-electron chi connectivity index (χ4n) is 2.80. The molecule has 23 heavy (non-hydrogen) atoms. The number of hydrogen-bond acceptors (Lipinski definition) is 4. The fourth-order valence-corrected chi connectivity index (χ4v) is 3.06. The normalized spacial score (nSPS) is 15.7. The standard InChI is InChI=1S/C17H27ClN4O/c18-15-5-1-2-6-16(15)22-13-11-21(12-14-22)10-4-9-20-17(23)7-3-8-19/h1-2,5-6H,3-4,7-14,19H2,(H,20,23). The summed E-state index contributed by atoms with van der Waals surface area (Å²) in [4.78, 5) is 16.3. The summed E-state index contributed by atoms with van der Waals surface area (Å²) in [5.41, 5.74) is 6.52. The number of piperazine rings is 1. The molecule has 1 amide bonds. The fraction of sp³-hybridized carbons (Fsp3) is 0.588. The molecule has 3 N–H and O–H groups in total. The molecule has 1 fully saturated rings. The summed E-state index contributed by atoms with van der Waals surface area (Å²) in [6, 6.07) is 8.01. The van der Waals surface area contributed by atoms with Crippen LogP contribution in [-0.2, 0) is 4.79 Å². The number of hydrogen-bond donors (Lipinski definition) is 2. The SMILES string of the molecule is NCCCC(=O)NCCCN1CCN(c2ccccc2Cl)CC1. The second-order valence-electron chi connectivity index (χ2n) is 5.88. The lowest BCUT2D eigenvalue weighted by Crippen LogP contribution is -2.47. The predicted octanol–water partition coefficient (Wildman–Crippen LogP) is 1.71. The number of nitrogens with zero attached hydrogens (tertiary/aromatic N) is 2. The van der Waals surface area contributed by atoms with Crippen molar-refractivity contribution in [2.45, 2.75) is 19.3 Å². The van der Waals surface area contributed by atoms with E-state index in [0.717, 1.165) is 62.8 Å². The molecule has 0 unspecified atom stereocenters. The van der Waals surface area contributed by atoms with Gasteiger partial charge in [-0.1, -0.05) is 23.7 Å². The van der Waals surface area contributed by atoms with Crippen molar-refractivity contribution >= 4 is 23.2 Å². The van der Waals surface area contributed by atoms with Gasteiger partial charge in [0.15, 0.2) is 0 Å². The molecule has 0 aromatic heterocycles. The molecule has 5 nitrogen and oxygen atoms in total. The van der Waals surface area contributed by atoms with E-state index in [2.05, 4.69) is 21.2 Å². The number of para-hydroxylation sites is 1. The van der Waals surface area contributed by atoms with E-state index in [1.165, 1.54) is 0 Å². The lowest BCUT2D eigenvalue weighted by Gasteiger charge is -2.36. The first kappa shape index (κ1) is 18.0. The van der Waals surface area contributed by atoms with E-state index in [1.54, 1.807) is 0 Å². The monoisotopic (exact) mass is 338 g/mol. The third-order valence-electron chi connectivity index (χ3n) is 4.15. The summed E-state index contributed by atoms with van der Waals surface area (Å²) >= 11 is 6.26. The van der Waals surface area contributed by atoms with E-state index < -0.39 is 0 Å². The molecular weight excluding hydrogens is 312 g/mol. The van der Waals surface area contributed by atoms with Crippen molar-refractivity contribution in [1.82, 2.24) is 10.2 Å². The molecule has 1 aliphatic heterocycles. The molecule has 1 heterocycles. The highest BCUT2D eigenvalue weighted by atomic mass is 35.5. The molecule has 0 bridgehead atoms. The van der Waals surface area contributed by atoms with Gasteiger partial charge in [-0.05, 0) is 38.1 Å². The van der Waals surface area contributed by atoms with Gasteiger partial charge < -0.3 is 16.0 Å². The minimum atomic E-state index is 0.110. The Morgan fingerprint density at radius 1 is 1.17 bits per heavy atom. The summed E-state index contributed by atoms with van der Waals surface area (Å²) < 4.78 is 0. The zero-order chi connectivity index (χ0) is 16.5. The van der Waals surface area contributed by atoms with E-state index in [9.17, 15) is 4.79 Å². The van der Waals surface area contributed by atoms with Gasteiger partial charge in [0.25, 0.3) is 0 Å². The van der Waals surface area contributed by atoms with Crippen LogP contribution in [0.25, 0.3) is 0 Å². The third kappa shape index (κ3) is 6.01. The molecule has 1 saturated heterocycles. The molecule has 128 valence electrons. The third-order valence-corrected chi connectivity index (χ3v) is 4.47. The van der Waals surface area contributed by atoms with E-state index in [0.29, 0.717) is 13.0 Å². The summed E-state index contributed by atoms with van der Waals surface area (Å²) in [5.74, 6) is 0.110. The van der Waals surface area contributed by atoms with Crippen LogP contribution in [0.3, 0.4) is 0 Å². The summed E-state index contributed by atoms with van der Waals surface area (Å²) in [6.45, 7) is 6.39. The molecule has 0 atom stereocenters. The van der Waals surface area contributed by atoms with Crippen LogP contribution in [0.1, 0.15) is 19.3 Å². The van der Waals surface area contributed by atoms with E-state index in [1.807, 2.05) is 18.2 Å². The van der Waals surface area contributed by atoms with Crippen molar-refractivity contribution in [3.63, 3.8) is 0 Å². The van der Waals surface area contributed by atoms with Crippen LogP contribution in [0.2, 0.25) is 5.02 Å². The first-order valence-corrected chi connectivity index (χ1v) is 8.77. The molecule has 0 spiro atoms. The Morgan fingerprint density at radius 3 is 2.61 bits per heavy atom. The number of carbonyl (C=O) groups excluding carboxylic acids is 1. The number of nitrogens with one attached hydrogen (secondary N) is 1. The van der Waals surface area contributed by atoms with Crippen molar-refractivity contribution in [2.75, 3.05) is 50.7 Å². The maximum atomic E-state index is 11.5. The van der Waals surface area contributed by atoms with Gasteiger partial charge in [0, 0.05) is 39.1 Å². The van der Waals surface area contributed by atoms with Gasteiger partial charge in [0.1, 0.15) is 0 Å². The molecule has 1 aromatic carbocycles. The summed E-state index contributed by atoms with van der Waals surface area (Å²) in [7, 11) is 0. The van der Waals surface area contributed by atoms with Gasteiger partial charge in [-0.3, -0.25) is 9.69 Å². The van der Waals surface area contributed by atoms with E-state index in [4.69, 9.17) is 17.3 Å². The highest BCUT2D eigenvalue weighted by Gasteiger charge is 2.18. The van der Waals surface area contributed by atoms with Crippen LogP contribution in [-0.4, -0.2) is 56.6 Å². The first-order valence-electron chi connectivity index (χ1n) is 8.39. The average molecular weight is 339 g/mol. The molecular formula is C17H27ClN4O. The second kappa shape index (κ2) is 9.75. The predicted molar refractivity (Wildman–Crippen MR) is 96.0 cm³/mol. The van der Waals surface area contributed by atoms with E-state index >= 15 is 0 Å². The Balaban J connectivity index is 1.62. The van der Waals surface area contributed by atoms with Crippen LogP contribution >= 0.6 is 11.6 Å². The van der Waals surface area contributed by atoms with Crippen molar-refractivity contribution in [2.24, 2.45) is 5.73 Å². The average Bonchev–Trinajstić information content (AvgIpc) is 2.58. The minimum Gasteiger partial charge on any atom is -0.368 e. The molecule has 2 rings (SSSR count). The van der Waals surface area contributed by atoms with Crippen molar-refractivity contribution in [1.29, 1.82) is 0 Å². The Hall–Kier alpha value is -1.30. The molecule has 0 aliphatic carbocycles. The smallest absolute Gasteiger partial charge is 0.220 e. The van der Waals surface area contributed by atoms with Gasteiger partial charge in [0.2, 0.25) is 5.91 Å². The molecule has 0 saturated carbocycles. The second-order valence-corrected chi connectivity index (χ2v) is 6.28. The van der Waals surface area contributed by atoms with Gasteiger partial charge in [-0.2, -0.15) is 0 Å². The Kier molecular flexibility index (Phi) is 7.65. The van der Waals surface area contributed by atoms with Crippen LogP contribution in [0.4, 0.5) is 5.69 Å². The van der Waals surface area contributed by atoms with Gasteiger partial charge in [0.05, 0.1) is 10.7 Å². The van der Waals surface area contributed by atoms with Gasteiger partial charge in [-0.25, -0.2) is 0 Å². The number of benzene rings is 1. The van der Waals surface area contributed by atoms with Gasteiger partial charge >= 0.3 is 0 Å². The maximum Gasteiger partial charge on any atom is 0.220 e. The summed E-state index contributed by atoms with van der Waals surface area (Å²) in [6.07, 6.45) is 2.28. The van der Waals surface area contributed by atoms with E-state index in [-0.39, 0.29) is 5.91 Å². The Labute approximate surface area is 143 Å². The Bertz CT molecular complexity index is 489. The maximum absolute atomic E-state index is 11.5. The molecule has 1 aromatic rings. The van der Waals surface area contributed by atoms with Crippen molar-refractivity contribution < 1.29 is 4.79 Å².